The molecular formula is C34H63BrN4O9Si2. The van der Waals surface area contributed by atoms with Gasteiger partial charge in [-0.2, -0.15) is 4.98 Å². The summed E-state index contributed by atoms with van der Waals surface area (Å²) in [6.45, 7) is 29.4. The number of nitrogens with one attached hydrogen (secondary N) is 1. The summed E-state index contributed by atoms with van der Waals surface area (Å²) in [5.74, 6) is 0.632. The summed E-state index contributed by atoms with van der Waals surface area (Å²) in [5, 5.41) is 8.60. The summed E-state index contributed by atoms with van der Waals surface area (Å²) in [6.07, 6.45) is 5.27. The van der Waals surface area contributed by atoms with E-state index in [9.17, 15) is 9.59 Å². The summed E-state index contributed by atoms with van der Waals surface area (Å²) in [6, 6.07) is 0.433. The lowest BCUT2D eigenvalue weighted by Gasteiger charge is -2.35. The third-order valence-corrected chi connectivity index (χ3v) is 8.91. The average Bonchev–Trinajstić information content (AvgIpc) is 2.97. The van der Waals surface area contributed by atoms with E-state index in [1.54, 1.807) is 26.2 Å². The van der Waals surface area contributed by atoms with Gasteiger partial charge in [0, 0.05) is 53.8 Å². The minimum Gasteiger partial charge on any atom is -0.531 e. The van der Waals surface area contributed by atoms with Gasteiger partial charge in [0.05, 0.1) is 26.4 Å². The van der Waals surface area contributed by atoms with Crippen LogP contribution < -0.4 is 20.1 Å². The first-order chi connectivity index (χ1) is 23.0. The van der Waals surface area contributed by atoms with Crippen molar-refractivity contribution in [1.82, 2.24) is 19.5 Å². The summed E-state index contributed by atoms with van der Waals surface area (Å²) >= 11 is 3.40. The Labute approximate surface area is 309 Å². The zero-order valence-electron chi connectivity index (χ0n) is 32.6. The van der Waals surface area contributed by atoms with E-state index < -0.39 is 22.4 Å². The molecule has 2 N–H and O–H groups in total. The topological polar surface area (TPSA) is 156 Å². The second-order valence-corrected chi connectivity index (χ2v) is 24.8. The van der Waals surface area contributed by atoms with Gasteiger partial charge in [0.15, 0.2) is 11.6 Å². The Morgan fingerprint density at radius 2 is 1.34 bits per heavy atom. The second kappa shape index (κ2) is 20.9. The van der Waals surface area contributed by atoms with Gasteiger partial charge in [-0.25, -0.2) is 9.78 Å². The van der Waals surface area contributed by atoms with E-state index in [0.717, 1.165) is 36.9 Å². The van der Waals surface area contributed by atoms with Gasteiger partial charge in [0.2, 0.25) is 22.5 Å². The largest absolute Gasteiger partial charge is 0.531 e. The van der Waals surface area contributed by atoms with Crippen LogP contribution in [0.25, 0.3) is 0 Å². The maximum Gasteiger partial charge on any atom is 0.328 e. The molecule has 13 nitrogen and oxygen atoms in total. The van der Waals surface area contributed by atoms with Crippen LogP contribution >= 0.6 is 15.9 Å². The van der Waals surface area contributed by atoms with Crippen molar-refractivity contribution in [3.8, 4) is 11.9 Å². The van der Waals surface area contributed by atoms with E-state index in [-0.39, 0.29) is 29.6 Å². The monoisotopic (exact) mass is 806 g/mol. The normalized spacial score (nSPS) is 17.6. The first kappa shape index (κ1) is 46.1. The number of H-pyrrole nitrogens is 1. The van der Waals surface area contributed by atoms with Crippen LogP contribution in [-0.2, 0) is 25.5 Å². The van der Waals surface area contributed by atoms with Crippen molar-refractivity contribution in [2.24, 2.45) is 11.8 Å². The fourth-order valence-electron chi connectivity index (χ4n) is 4.18. The zero-order chi connectivity index (χ0) is 38.3. The van der Waals surface area contributed by atoms with Crippen LogP contribution in [0.4, 0.5) is 0 Å². The molecule has 2 aromatic heterocycles. The first-order valence-electron chi connectivity index (χ1n) is 17.2. The Balaban J connectivity index is 0.000000371. The lowest BCUT2D eigenvalue weighted by molar-refractivity contribution is -0.263. The quantitative estimate of drug-likeness (QED) is 0.226. The highest BCUT2D eigenvalue weighted by Crippen LogP contribution is 2.24. The van der Waals surface area contributed by atoms with Crippen LogP contribution in [0.15, 0.2) is 22.0 Å². The lowest BCUT2D eigenvalue weighted by atomic mass is 10.1. The number of rotatable bonds is 9. The molecule has 0 aliphatic carbocycles. The van der Waals surface area contributed by atoms with E-state index >= 15 is 0 Å². The SMILES string of the molecule is CC1(C)OCC(CCBr)CO1.CCO.Cc1cn(CCC2COC(C)(C)OC2)c(=O)[nH]c1=O.Cc1cnc(O[Si](C)(C)C)nc1O[Si](C)(C)C. The maximum absolute atomic E-state index is 11.6. The summed E-state index contributed by atoms with van der Waals surface area (Å²) in [7, 11) is -3.31. The minimum atomic E-state index is -1.67. The number of aliphatic hydroxyl groups excluding tert-OH is 1. The fourth-order valence-corrected chi connectivity index (χ4v) is 6.26. The molecule has 2 fully saturated rings. The number of aliphatic hydroxyl groups is 1. The Hall–Kier alpha value is -1.93. The minimum absolute atomic E-state index is 0.250. The Morgan fingerprint density at radius 3 is 1.78 bits per heavy atom. The molecule has 0 unspecified atom stereocenters. The molecular weight excluding hydrogens is 744 g/mol. The summed E-state index contributed by atoms with van der Waals surface area (Å²) in [4.78, 5) is 33.7. The number of halogens is 1. The predicted octanol–water partition coefficient (Wildman–Crippen LogP) is 6.02. The standard InChI is InChI=1S/C13H20N2O4.C11H22N2O2Si2.C8H15BrO2.C2H6O/c1-9-6-15(12(17)14-11(9)16)5-4-10-7-18-13(2,3)19-8-10;1-9-8-12-11(15-17(5,6)7)13-10(9)14-16(2,3)4;1-8(2)10-5-7(3-4-9)6-11-8;1-2-3/h6,10H,4-5,7-8H2,1-3H3,(H,14,16,17);8H,1-7H3;7H,3-6H2,1-2H3;3H,2H2,1H3. The Morgan fingerprint density at radius 1 is 0.880 bits per heavy atom. The highest BCUT2D eigenvalue weighted by Gasteiger charge is 2.29. The first-order valence-corrected chi connectivity index (χ1v) is 25.2. The molecule has 4 heterocycles. The van der Waals surface area contributed by atoms with Gasteiger partial charge in [0.1, 0.15) is 0 Å². The van der Waals surface area contributed by atoms with Crippen LogP contribution in [0.3, 0.4) is 0 Å². The van der Waals surface area contributed by atoms with E-state index in [2.05, 4.69) is 70.2 Å². The molecule has 2 saturated heterocycles. The number of aryl methyl sites for hydroxylation is 3. The van der Waals surface area contributed by atoms with Crippen molar-refractivity contribution < 1.29 is 32.9 Å². The molecule has 0 aromatic carbocycles. The fraction of sp³-hybridized carbons (Fsp3) is 0.765. The van der Waals surface area contributed by atoms with Crippen molar-refractivity contribution in [3.05, 3.63) is 44.4 Å². The highest BCUT2D eigenvalue weighted by molar-refractivity contribution is 9.09. The number of aromatic amines is 1. The van der Waals surface area contributed by atoms with Gasteiger partial charge < -0.3 is 37.5 Å². The van der Waals surface area contributed by atoms with Crippen molar-refractivity contribution in [1.29, 1.82) is 0 Å². The maximum atomic E-state index is 11.6. The summed E-state index contributed by atoms with van der Waals surface area (Å²) in [5.41, 5.74) is 0.799. The van der Waals surface area contributed by atoms with Crippen LogP contribution in [-0.4, -0.2) is 91.2 Å². The molecule has 0 radical (unpaired) electrons. The van der Waals surface area contributed by atoms with Gasteiger partial charge in [-0.3, -0.25) is 9.78 Å². The van der Waals surface area contributed by atoms with Gasteiger partial charge in [0.25, 0.3) is 5.56 Å². The average molecular weight is 808 g/mol. The van der Waals surface area contributed by atoms with Gasteiger partial charge in [-0.1, -0.05) is 15.9 Å². The van der Waals surface area contributed by atoms with E-state index in [1.165, 1.54) is 4.57 Å². The number of alkyl halides is 1. The predicted molar refractivity (Wildman–Crippen MR) is 206 cm³/mol. The number of ether oxygens (including phenoxy) is 4. The van der Waals surface area contributed by atoms with Crippen LogP contribution in [0.1, 0.15) is 58.6 Å². The van der Waals surface area contributed by atoms with E-state index in [1.807, 2.05) is 34.6 Å². The van der Waals surface area contributed by atoms with Gasteiger partial charge >= 0.3 is 11.7 Å². The summed E-state index contributed by atoms with van der Waals surface area (Å²) < 4.78 is 35.3. The van der Waals surface area contributed by atoms with Crippen molar-refractivity contribution in [2.75, 3.05) is 38.4 Å². The van der Waals surface area contributed by atoms with E-state index in [4.69, 9.17) is 32.9 Å². The molecule has 16 heteroatoms. The van der Waals surface area contributed by atoms with Crippen molar-refractivity contribution >= 4 is 32.6 Å². The van der Waals surface area contributed by atoms with Crippen LogP contribution in [0, 0.1) is 25.7 Å². The molecule has 0 saturated carbocycles. The van der Waals surface area contributed by atoms with Crippen LogP contribution in [0.5, 0.6) is 11.9 Å². The molecule has 0 amide bonds. The van der Waals surface area contributed by atoms with Crippen molar-refractivity contribution in [2.45, 2.75) is 119 Å². The van der Waals surface area contributed by atoms with Crippen molar-refractivity contribution in [3.63, 3.8) is 0 Å². The molecule has 2 aromatic rings. The molecule has 288 valence electrons. The van der Waals surface area contributed by atoms with Gasteiger partial charge in [-0.15, -0.1) is 0 Å². The second-order valence-electron chi connectivity index (χ2n) is 15.2. The Bertz CT molecular complexity index is 1390. The molecule has 0 spiro atoms. The third kappa shape index (κ3) is 19.6. The number of hydrogen-bond acceptors (Lipinski definition) is 11. The molecule has 0 bridgehead atoms. The number of aromatic nitrogens is 4. The molecule has 50 heavy (non-hydrogen) atoms. The third-order valence-electron chi connectivity index (χ3n) is 6.85. The van der Waals surface area contributed by atoms with Crippen LogP contribution in [0.2, 0.25) is 39.3 Å². The Kier molecular flexibility index (Phi) is 19.3. The highest BCUT2D eigenvalue weighted by atomic mass is 79.9. The molecule has 2 aliphatic heterocycles. The number of nitrogens with zero attached hydrogens (tertiary/aromatic N) is 3. The molecule has 0 atom stereocenters. The molecule has 2 aliphatic rings. The molecule has 4 rings (SSSR count). The van der Waals surface area contributed by atoms with E-state index in [0.29, 0.717) is 43.1 Å². The smallest absolute Gasteiger partial charge is 0.328 e. The van der Waals surface area contributed by atoms with Gasteiger partial charge in [-0.05, 0) is 101 Å². The zero-order valence-corrected chi connectivity index (χ0v) is 36.2. The lowest BCUT2D eigenvalue weighted by Crippen LogP contribution is -2.40. The number of hydrogen-bond donors (Lipinski definition) is 2.